The summed E-state index contributed by atoms with van der Waals surface area (Å²) < 4.78 is 4.59. The number of non-ortho nitro benzene ring substituents is 1. The van der Waals surface area contributed by atoms with Crippen LogP contribution in [0.15, 0.2) is 12.1 Å². The number of methoxy groups -OCH3 is 1. The molecule has 0 aliphatic rings. The second-order valence-corrected chi connectivity index (χ2v) is 2.27. The average molecular weight is 185 g/mol. The van der Waals surface area contributed by atoms with E-state index in [4.69, 9.17) is 10.2 Å². The molecule has 0 aliphatic heterocycles. The Morgan fingerprint density at radius 2 is 1.85 bits per heavy atom. The van der Waals surface area contributed by atoms with Crippen molar-refractivity contribution in [2.45, 2.75) is 0 Å². The second-order valence-electron chi connectivity index (χ2n) is 2.27. The Bertz CT molecular complexity index is 326. The summed E-state index contributed by atoms with van der Waals surface area (Å²) >= 11 is 0. The number of nitro groups is 1. The summed E-state index contributed by atoms with van der Waals surface area (Å²) in [5.41, 5.74) is -0.393. The molecule has 0 fully saturated rings. The summed E-state index contributed by atoms with van der Waals surface area (Å²) in [6, 6.07) is 1.80. The minimum Gasteiger partial charge on any atom is -0.504 e. The Labute approximate surface area is 73.2 Å². The number of hydrogen-bond donors (Lipinski definition) is 2. The molecular formula is C7H7NO5. The van der Waals surface area contributed by atoms with Gasteiger partial charge in [-0.05, 0) is 0 Å². The van der Waals surface area contributed by atoms with Crippen LogP contribution >= 0.6 is 0 Å². The summed E-state index contributed by atoms with van der Waals surface area (Å²) in [4.78, 5) is 9.52. The topological polar surface area (TPSA) is 92.8 Å². The van der Waals surface area contributed by atoms with Gasteiger partial charge in [-0.3, -0.25) is 10.1 Å². The zero-order chi connectivity index (χ0) is 10.0. The Hall–Kier alpha value is -1.98. The fraction of sp³-hybridized carbons (Fsp3) is 0.143. The van der Waals surface area contributed by atoms with Crippen LogP contribution in [0.3, 0.4) is 0 Å². The lowest BCUT2D eigenvalue weighted by atomic mass is 10.2. The first-order valence-corrected chi connectivity index (χ1v) is 3.30. The molecule has 0 bridgehead atoms. The molecule has 1 rings (SSSR count). The molecule has 2 N–H and O–H groups in total. The molecule has 0 aliphatic carbocycles. The molecule has 0 spiro atoms. The zero-order valence-electron chi connectivity index (χ0n) is 6.72. The number of rotatable bonds is 2. The lowest BCUT2D eigenvalue weighted by molar-refractivity contribution is -0.385. The van der Waals surface area contributed by atoms with Gasteiger partial charge in [-0.25, -0.2) is 0 Å². The van der Waals surface area contributed by atoms with Gasteiger partial charge in [-0.2, -0.15) is 0 Å². The van der Waals surface area contributed by atoms with Gasteiger partial charge in [-0.15, -0.1) is 0 Å². The predicted molar refractivity (Wildman–Crippen MR) is 43.0 cm³/mol. The van der Waals surface area contributed by atoms with Crippen LogP contribution in [0.1, 0.15) is 0 Å². The third kappa shape index (κ3) is 1.61. The quantitative estimate of drug-likeness (QED) is 0.529. The van der Waals surface area contributed by atoms with Crippen molar-refractivity contribution in [2.75, 3.05) is 7.11 Å². The number of nitro benzene ring substituents is 1. The van der Waals surface area contributed by atoms with E-state index in [0.29, 0.717) is 0 Å². The highest BCUT2D eigenvalue weighted by Crippen LogP contribution is 2.38. The van der Waals surface area contributed by atoms with Crippen LogP contribution < -0.4 is 4.74 Å². The van der Waals surface area contributed by atoms with Crippen molar-refractivity contribution < 1.29 is 19.9 Å². The van der Waals surface area contributed by atoms with Gasteiger partial charge in [0.2, 0.25) is 5.75 Å². The van der Waals surface area contributed by atoms with Gasteiger partial charge < -0.3 is 14.9 Å². The highest BCUT2D eigenvalue weighted by Gasteiger charge is 2.15. The van der Waals surface area contributed by atoms with Crippen molar-refractivity contribution in [1.82, 2.24) is 0 Å². The van der Waals surface area contributed by atoms with Gasteiger partial charge in [0.25, 0.3) is 5.69 Å². The van der Waals surface area contributed by atoms with Gasteiger partial charge in [0.15, 0.2) is 11.5 Å². The van der Waals surface area contributed by atoms with E-state index < -0.39 is 22.1 Å². The highest BCUT2D eigenvalue weighted by atomic mass is 16.6. The number of aromatic hydroxyl groups is 2. The van der Waals surface area contributed by atoms with E-state index in [2.05, 4.69) is 4.74 Å². The molecule has 70 valence electrons. The highest BCUT2D eigenvalue weighted by molar-refractivity contribution is 5.56. The summed E-state index contributed by atoms with van der Waals surface area (Å²) in [5, 5.41) is 28.5. The Morgan fingerprint density at radius 3 is 2.15 bits per heavy atom. The molecule has 0 heterocycles. The Balaban J connectivity index is 3.28. The molecule has 1 aromatic rings. The third-order valence-corrected chi connectivity index (χ3v) is 1.45. The summed E-state index contributed by atoms with van der Waals surface area (Å²) in [6.07, 6.45) is 0. The molecule has 0 radical (unpaired) electrons. The van der Waals surface area contributed by atoms with E-state index >= 15 is 0 Å². The van der Waals surface area contributed by atoms with E-state index in [0.717, 1.165) is 12.1 Å². The molecule has 6 nitrogen and oxygen atoms in total. The number of benzene rings is 1. The maximum atomic E-state index is 10.2. The maximum absolute atomic E-state index is 10.2. The third-order valence-electron chi connectivity index (χ3n) is 1.45. The monoisotopic (exact) mass is 185 g/mol. The van der Waals surface area contributed by atoms with E-state index in [1.54, 1.807) is 0 Å². The lowest BCUT2D eigenvalue weighted by Crippen LogP contribution is -1.90. The smallest absolute Gasteiger partial charge is 0.277 e. The minimum absolute atomic E-state index is 0.175. The standard InChI is InChI=1S/C7H7NO5/c1-13-7-5(9)2-4(8(11)12)3-6(7)10/h2-3,9-10H,1H3. The van der Waals surface area contributed by atoms with Crippen molar-refractivity contribution in [3.05, 3.63) is 22.2 Å². The van der Waals surface area contributed by atoms with Crippen molar-refractivity contribution in [3.8, 4) is 17.2 Å². The van der Waals surface area contributed by atoms with Crippen LogP contribution in [-0.2, 0) is 0 Å². The van der Waals surface area contributed by atoms with Crippen LogP contribution in [0.4, 0.5) is 5.69 Å². The van der Waals surface area contributed by atoms with E-state index in [9.17, 15) is 10.1 Å². The molecule has 0 amide bonds. The number of nitrogens with zero attached hydrogens (tertiary/aromatic N) is 1. The van der Waals surface area contributed by atoms with Crippen molar-refractivity contribution in [2.24, 2.45) is 0 Å². The van der Waals surface area contributed by atoms with Gasteiger partial charge in [0.05, 0.1) is 24.2 Å². The minimum atomic E-state index is -0.723. The molecule has 13 heavy (non-hydrogen) atoms. The van der Waals surface area contributed by atoms with E-state index in [-0.39, 0.29) is 5.75 Å². The first-order chi connectivity index (χ1) is 6.06. The molecule has 6 heteroatoms. The number of phenols is 2. The summed E-state index contributed by atoms with van der Waals surface area (Å²) in [7, 11) is 1.24. The van der Waals surface area contributed by atoms with Crippen molar-refractivity contribution >= 4 is 5.69 Å². The second kappa shape index (κ2) is 3.18. The molecule has 0 unspecified atom stereocenters. The van der Waals surface area contributed by atoms with Crippen LogP contribution in [-0.4, -0.2) is 22.2 Å². The van der Waals surface area contributed by atoms with E-state index in [1.807, 2.05) is 0 Å². The molecular weight excluding hydrogens is 178 g/mol. The van der Waals surface area contributed by atoms with Gasteiger partial charge >= 0.3 is 0 Å². The Morgan fingerprint density at radius 1 is 1.38 bits per heavy atom. The van der Waals surface area contributed by atoms with E-state index in [1.165, 1.54) is 7.11 Å². The predicted octanol–water partition coefficient (Wildman–Crippen LogP) is 1.01. The fourth-order valence-electron chi connectivity index (χ4n) is 0.899. The molecule has 0 atom stereocenters. The summed E-state index contributed by atoms with van der Waals surface area (Å²) in [5.74, 6) is -1.10. The van der Waals surface area contributed by atoms with Crippen LogP contribution in [0.5, 0.6) is 17.2 Å². The lowest BCUT2D eigenvalue weighted by Gasteiger charge is -2.04. The van der Waals surface area contributed by atoms with Crippen LogP contribution in [0.2, 0.25) is 0 Å². The molecule has 0 saturated heterocycles. The Kier molecular flexibility index (Phi) is 2.23. The first-order valence-electron chi connectivity index (χ1n) is 3.30. The van der Waals surface area contributed by atoms with Crippen molar-refractivity contribution in [3.63, 3.8) is 0 Å². The fourth-order valence-corrected chi connectivity index (χ4v) is 0.899. The molecule has 0 saturated carbocycles. The maximum Gasteiger partial charge on any atom is 0.277 e. The largest absolute Gasteiger partial charge is 0.504 e. The van der Waals surface area contributed by atoms with Crippen LogP contribution in [0, 0.1) is 10.1 Å². The number of ether oxygens (including phenoxy) is 1. The van der Waals surface area contributed by atoms with Gasteiger partial charge in [-0.1, -0.05) is 0 Å². The average Bonchev–Trinajstić information content (AvgIpc) is 2.03. The number of hydrogen-bond acceptors (Lipinski definition) is 5. The molecule has 1 aromatic carbocycles. The first kappa shape index (κ1) is 9.11. The SMILES string of the molecule is COc1c(O)cc([N+](=O)[O-])cc1O. The van der Waals surface area contributed by atoms with Crippen molar-refractivity contribution in [1.29, 1.82) is 0 Å². The van der Waals surface area contributed by atoms with Gasteiger partial charge in [0.1, 0.15) is 0 Å². The number of phenolic OH excluding ortho intramolecular Hbond substituents is 2. The summed E-state index contributed by atoms with van der Waals surface area (Å²) in [6.45, 7) is 0. The van der Waals surface area contributed by atoms with Gasteiger partial charge in [0, 0.05) is 0 Å². The molecule has 0 aromatic heterocycles. The van der Waals surface area contributed by atoms with Crippen LogP contribution in [0.25, 0.3) is 0 Å². The zero-order valence-corrected chi connectivity index (χ0v) is 6.72. The normalized spacial score (nSPS) is 9.62.